The van der Waals surface area contributed by atoms with Crippen LogP contribution >= 0.6 is 15.9 Å². The molecule has 16 heavy (non-hydrogen) atoms. The second-order valence-electron chi connectivity index (χ2n) is 4.21. The van der Waals surface area contributed by atoms with E-state index in [0.29, 0.717) is 5.76 Å². The molecule has 1 N–H and O–H groups in total. The molecule has 1 aromatic rings. The van der Waals surface area contributed by atoms with Crippen molar-refractivity contribution in [3.05, 3.63) is 22.6 Å². The Hall–Kier alpha value is -0.280. The third-order valence-electron chi connectivity index (χ3n) is 2.78. The summed E-state index contributed by atoms with van der Waals surface area (Å²) in [7, 11) is 0. The smallest absolute Gasteiger partial charge is 0.146 e. The van der Waals surface area contributed by atoms with Crippen LogP contribution in [0.2, 0.25) is 0 Å². The average Bonchev–Trinajstić information content (AvgIpc) is 2.69. The van der Waals surface area contributed by atoms with Gasteiger partial charge in [0.15, 0.2) is 0 Å². The molecule has 1 rings (SSSR count). The molecule has 0 amide bonds. The fraction of sp³-hybridized carbons (Fsp3) is 0.692. The summed E-state index contributed by atoms with van der Waals surface area (Å²) in [5.41, 5.74) is 0. The largest absolute Gasteiger partial charge is 0.465 e. The monoisotopic (exact) mass is 288 g/mol. The molecule has 0 aliphatic rings. The van der Waals surface area contributed by atoms with Gasteiger partial charge in [-0.15, -0.1) is 0 Å². The van der Waals surface area contributed by atoms with E-state index < -0.39 is 6.10 Å². The van der Waals surface area contributed by atoms with E-state index in [-0.39, 0.29) is 0 Å². The summed E-state index contributed by atoms with van der Waals surface area (Å²) in [5.74, 6) is 0.661. The van der Waals surface area contributed by atoms with E-state index in [0.717, 1.165) is 17.3 Å². The topological polar surface area (TPSA) is 33.4 Å². The Labute approximate surface area is 106 Å². The summed E-state index contributed by atoms with van der Waals surface area (Å²) in [6.45, 7) is 2.22. The Morgan fingerprint density at radius 1 is 1.25 bits per heavy atom. The fourth-order valence-electron chi connectivity index (χ4n) is 1.79. The van der Waals surface area contributed by atoms with Gasteiger partial charge in [-0.1, -0.05) is 45.4 Å². The summed E-state index contributed by atoms with van der Waals surface area (Å²) in [4.78, 5) is 0. The van der Waals surface area contributed by atoms with Crippen LogP contribution in [0.15, 0.2) is 21.2 Å². The first-order valence-electron chi connectivity index (χ1n) is 6.16. The lowest BCUT2D eigenvalue weighted by molar-refractivity contribution is 0.135. The highest BCUT2D eigenvalue weighted by Gasteiger charge is 2.13. The molecule has 1 atom stereocenters. The predicted octanol–water partition coefficient (Wildman–Crippen LogP) is 4.83. The second kappa shape index (κ2) is 7.91. The SMILES string of the molecule is CCCCCCCCC(O)c1occc1Br. The molecular formula is C13H21BrO2. The van der Waals surface area contributed by atoms with Crippen molar-refractivity contribution in [2.24, 2.45) is 0 Å². The van der Waals surface area contributed by atoms with Crippen molar-refractivity contribution in [1.82, 2.24) is 0 Å². The third-order valence-corrected chi connectivity index (χ3v) is 3.43. The number of hydrogen-bond acceptors (Lipinski definition) is 2. The van der Waals surface area contributed by atoms with Crippen molar-refractivity contribution in [3.63, 3.8) is 0 Å². The van der Waals surface area contributed by atoms with Gasteiger partial charge in [0.2, 0.25) is 0 Å². The van der Waals surface area contributed by atoms with Crippen molar-refractivity contribution < 1.29 is 9.52 Å². The highest BCUT2D eigenvalue weighted by atomic mass is 79.9. The number of halogens is 1. The van der Waals surface area contributed by atoms with Gasteiger partial charge in [-0.25, -0.2) is 0 Å². The van der Waals surface area contributed by atoms with Crippen molar-refractivity contribution in [3.8, 4) is 0 Å². The quantitative estimate of drug-likeness (QED) is 0.696. The minimum Gasteiger partial charge on any atom is -0.465 e. The van der Waals surface area contributed by atoms with Crippen LogP contribution in [0.25, 0.3) is 0 Å². The average molecular weight is 289 g/mol. The molecule has 92 valence electrons. The Morgan fingerprint density at radius 3 is 2.56 bits per heavy atom. The lowest BCUT2D eigenvalue weighted by Gasteiger charge is -2.08. The van der Waals surface area contributed by atoms with Gasteiger partial charge in [0.25, 0.3) is 0 Å². The van der Waals surface area contributed by atoms with E-state index in [9.17, 15) is 5.11 Å². The number of unbranched alkanes of at least 4 members (excludes halogenated alkanes) is 5. The van der Waals surface area contributed by atoms with Crippen LogP contribution in [0.4, 0.5) is 0 Å². The van der Waals surface area contributed by atoms with E-state index in [4.69, 9.17) is 4.42 Å². The third kappa shape index (κ3) is 4.71. The van der Waals surface area contributed by atoms with Gasteiger partial charge in [-0.2, -0.15) is 0 Å². The second-order valence-corrected chi connectivity index (χ2v) is 5.06. The molecular weight excluding hydrogens is 268 g/mol. The van der Waals surface area contributed by atoms with Gasteiger partial charge in [0.05, 0.1) is 10.7 Å². The molecule has 1 aromatic heterocycles. The molecule has 1 unspecified atom stereocenters. The molecule has 0 fully saturated rings. The van der Waals surface area contributed by atoms with Crippen LogP contribution < -0.4 is 0 Å². The first-order valence-corrected chi connectivity index (χ1v) is 6.96. The zero-order valence-electron chi connectivity index (χ0n) is 9.92. The van der Waals surface area contributed by atoms with E-state index in [1.807, 2.05) is 6.07 Å². The normalized spacial score (nSPS) is 12.9. The maximum Gasteiger partial charge on any atom is 0.146 e. The van der Waals surface area contributed by atoms with Crippen molar-refractivity contribution in [2.45, 2.75) is 58.0 Å². The maximum atomic E-state index is 9.87. The standard InChI is InChI=1S/C13H21BrO2/c1-2-3-4-5-6-7-8-12(15)13-11(14)9-10-16-13/h9-10,12,15H,2-8H2,1H3. The Balaban J connectivity index is 2.11. The van der Waals surface area contributed by atoms with Crippen LogP contribution in [-0.2, 0) is 0 Å². The first kappa shape index (κ1) is 13.8. The van der Waals surface area contributed by atoms with Crippen molar-refractivity contribution >= 4 is 15.9 Å². The molecule has 0 aliphatic carbocycles. The minimum absolute atomic E-state index is 0.462. The molecule has 0 saturated carbocycles. The van der Waals surface area contributed by atoms with E-state index >= 15 is 0 Å². The summed E-state index contributed by atoms with van der Waals surface area (Å²) in [5, 5.41) is 9.87. The number of furan rings is 1. The van der Waals surface area contributed by atoms with Crippen LogP contribution in [0.3, 0.4) is 0 Å². The van der Waals surface area contributed by atoms with Crippen LogP contribution in [-0.4, -0.2) is 5.11 Å². The number of aliphatic hydroxyl groups excluding tert-OH is 1. The van der Waals surface area contributed by atoms with E-state index in [1.165, 1.54) is 32.1 Å². The van der Waals surface area contributed by atoms with Crippen LogP contribution in [0.5, 0.6) is 0 Å². The molecule has 3 heteroatoms. The maximum absolute atomic E-state index is 9.87. The summed E-state index contributed by atoms with van der Waals surface area (Å²) in [6, 6.07) is 1.82. The molecule has 0 aromatic carbocycles. The zero-order valence-corrected chi connectivity index (χ0v) is 11.5. The van der Waals surface area contributed by atoms with Gasteiger partial charge in [0, 0.05) is 0 Å². The van der Waals surface area contributed by atoms with Gasteiger partial charge < -0.3 is 9.52 Å². The number of rotatable bonds is 8. The number of hydrogen-bond donors (Lipinski definition) is 1. The minimum atomic E-state index is -0.462. The van der Waals surface area contributed by atoms with Crippen molar-refractivity contribution in [2.75, 3.05) is 0 Å². The predicted molar refractivity (Wildman–Crippen MR) is 69.4 cm³/mol. The molecule has 0 aliphatic heterocycles. The zero-order chi connectivity index (χ0) is 11.8. The Bertz CT molecular complexity index is 283. The highest BCUT2D eigenvalue weighted by Crippen LogP contribution is 2.27. The molecule has 0 spiro atoms. The molecule has 2 nitrogen and oxygen atoms in total. The summed E-state index contributed by atoms with van der Waals surface area (Å²) in [6.07, 6.45) is 9.40. The summed E-state index contributed by atoms with van der Waals surface area (Å²) < 4.78 is 6.09. The Morgan fingerprint density at radius 2 is 1.94 bits per heavy atom. The van der Waals surface area contributed by atoms with Gasteiger partial charge in [-0.3, -0.25) is 0 Å². The fourth-order valence-corrected chi connectivity index (χ4v) is 2.26. The molecule has 0 bridgehead atoms. The molecule has 1 heterocycles. The first-order chi connectivity index (χ1) is 7.75. The van der Waals surface area contributed by atoms with Gasteiger partial charge >= 0.3 is 0 Å². The molecule has 0 saturated heterocycles. The van der Waals surface area contributed by atoms with Crippen molar-refractivity contribution in [1.29, 1.82) is 0 Å². The van der Waals surface area contributed by atoms with Crippen LogP contribution in [0.1, 0.15) is 63.7 Å². The van der Waals surface area contributed by atoms with E-state index in [2.05, 4.69) is 22.9 Å². The Kier molecular flexibility index (Phi) is 6.81. The van der Waals surface area contributed by atoms with E-state index in [1.54, 1.807) is 6.26 Å². The lowest BCUT2D eigenvalue weighted by Crippen LogP contribution is -1.96. The highest BCUT2D eigenvalue weighted by molar-refractivity contribution is 9.10. The lowest BCUT2D eigenvalue weighted by atomic mass is 10.1. The van der Waals surface area contributed by atoms with Gasteiger partial charge in [-0.05, 0) is 28.4 Å². The summed E-state index contributed by atoms with van der Waals surface area (Å²) >= 11 is 3.36. The molecule has 0 radical (unpaired) electrons. The van der Waals surface area contributed by atoms with Crippen LogP contribution in [0, 0.1) is 0 Å². The van der Waals surface area contributed by atoms with Gasteiger partial charge in [0.1, 0.15) is 11.9 Å². The number of aliphatic hydroxyl groups is 1.